The van der Waals surface area contributed by atoms with Crippen LogP contribution in [0, 0.1) is 6.92 Å². The van der Waals surface area contributed by atoms with Gasteiger partial charge in [0.25, 0.3) is 0 Å². The minimum atomic E-state index is 0.335. The molecule has 0 aliphatic carbocycles. The first kappa shape index (κ1) is 20.1. The Labute approximate surface area is 174 Å². The number of aryl methyl sites for hydroxylation is 1. The molecule has 1 unspecified atom stereocenters. The van der Waals surface area contributed by atoms with Crippen molar-refractivity contribution in [2.24, 2.45) is 5.73 Å². The van der Waals surface area contributed by atoms with Crippen molar-refractivity contribution in [1.29, 1.82) is 0 Å². The van der Waals surface area contributed by atoms with Crippen LogP contribution in [0.4, 0.5) is 0 Å². The smallest absolute Gasteiger partial charge is 0.0501 e. The Morgan fingerprint density at radius 1 is 1.21 bits per heavy atom. The molecule has 154 valence electrons. The lowest BCUT2D eigenvalue weighted by Crippen LogP contribution is -2.44. The van der Waals surface area contributed by atoms with E-state index in [-0.39, 0.29) is 0 Å². The van der Waals surface area contributed by atoms with Gasteiger partial charge in [-0.2, -0.15) is 0 Å². The fraction of sp³-hybridized carbons (Fsp3) is 0.480. The summed E-state index contributed by atoms with van der Waals surface area (Å²) in [7, 11) is 0. The van der Waals surface area contributed by atoms with Crippen LogP contribution in [0.5, 0.6) is 0 Å². The van der Waals surface area contributed by atoms with E-state index in [4.69, 9.17) is 5.73 Å². The van der Waals surface area contributed by atoms with Crippen molar-refractivity contribution in [2.45, 2.75) is 58.4 Å². The van der Waals surface area contributed by atoms with Crippen molar-refractivity contribution in [2.75, 3.05) is 19.6 Å². The molecule has 0 radical (unpaired) electrons. The number of fused-ring (bicyclic) bond motifs is 1. The molecule has 4 heteroatoms. The van der Waals surface area contributed by atoms with Crippen LogP contribution in [0.3, 0.4) is 0 Å². The lowest BCUT2D eigenvalue weighted by molar-refractivity contribution is 0.200. The highest BCUT2D eigenvalue weighted by Gasteiger charge is 2.21. The Morgan fingerprint density at radius 2 is 2.03 bits per heavy atom. The van der Waals surface area contributed by atoms with Crippen molar-refractivity contribution in [3.05, 3.63) is 53.3 Å². The molecule has 3 aromatic rings. The van der Waals surface area contributed by atoms with Crippen LogP contribution < -0.4 is 5.73 Å². The number of nitrogens with one attached hydrogen (secondary N) is 1. The van der Waals surface area contributed by atoms with E-state index in [9.17, 15) is 0 Å². The van der Waals surface area contributed by atoms with Crippen LogP contribution >= 0.6 is 0 Å². The molecular formula is C25H34N4. The molecule has 2 aromatic heterocycles. The number of likely N-dealkylation sites (tertiary alicyclic amines) is 1. The maximum Gasteiger partial charge on any atom is 0.0501 e. The van der Waals surface area contributed by atoms with Gasteiger partial charge in [-0.05, 0) is 73.5 Å². The lowest BCUT2D eigenvalue weighted by atomic mass is 9.93. The SMILES string of the molecule is Cc1cc(-c2[nH]c3ccc(C(C)CN4CCC[C@H](N)C4)cc3c2C(C)C)ccn1. The topological polar surface area (TPSA) is 57.9 Å². The van der Waals surface area contributed by atoms with Crippen molar-refractivity contribution >= 4 is 10.9 Å². The molecule has 1 aromatic carbocycles. The Bertz CT molecular complexity index is 988. The maximum absolute atomic E-state index is 6.19. The first-order chi connectivity index (χ1) is 13.9. The number of rotatable bonds is 5. The zero-order valence-corrected chi connectivity index (χ0v) is 18.2. The Kier molecular flexibility index (Phi) is 5.75. The molecule has 3 heterocycles. The molecule has 4 nitrogen and oxygen atoms in total. The molecule has 1 aliphatic rings. The molecule has 0 bridgehead atoms. The minimum Gasteiger partial charge on any atom is -0.354 e. The number of piperidine rings is 1. The van der Waals surface area contributed by atoms with Crippen molar-refractivity contribution in [1.82, 2.24) is 14.9 Å². The summed E-state index contributed by atoms with van der Waals surface area (Å²) in [5.41, 5.74) is 13.7. The molecular weight excluding hydrogens is 356 g/mol. The number of aromatic nitrogens is 2. The number of nitrogens with zero attached hydrogens (tertiary/aromatic N) is 2. The predicted molar refractivity (Wildman–Crippen MR) is 122 cm³/mol. The Morgan fingerprint density at radius 3 is 2.76 bits per heavy atom. The van der Waals surface area contributed by atoms with Crippen LogP contribution in [0.15, 0.2) is 36.5 Å². The number of aromatic amines is 1. The molecule has 3 N–H and O–H groups in total. The number of H-pyrrole nitrogens is 1. The van der Waals surface area contributed by atoms with Crippen LogP contribution in [0.25, 0.3) is 22.2 Å². The summed E-state index contributed by atoms with van der Waals surface area (Å²) in [6, 6.07) is 11.6. The summed E-state index contributed by atoms with van der Waals surface area (Å²) in [6.07, 6.45) is 4.28. The zero-order chi connectivity index (χ0) is 20.5. The molecule has 1 saturated heterocycles. The van der Waals surface area contributed by atoms with E-state index >= 15 is 0 Å². The van der Waals surface area contributed by atoms with E-state index in [0.717, 1.165) is 25.2 Å². The van der Waals surface area contributed by atoms with E-state index < -0.39 is 0 Å². The number of benzene rings is 1. The standard InChI is InChI=1S/C25H34N4/c1-16(2)24-22-13-19(17(3)14-29-11-5-6-21(26)15-29)7-8-23(22)28-25(24)20-9-10-27-18(4)12-20/h7-10,12-13,16-17,21,28H,5-6,11,14-15,26H2,1-4H3/t17?,21-/m0/s1. The molecule has 4 rings (SSSR count). The lowest BCUT2D eigenvalue weighted by Gasteiger charge is -2.32. The number of pyridine rings is 1. The summed E-state index contributed by atoms with van der Waals surface area (Å²) in [6.45, 7) is 12.2. The first-order valence-corrected chi connectivity index (χ1v) is 11.0. The van der Waals surface area contributed by atoms with Gasteiger partial charge in [-0.1, -0.05) is 26.8 Å². The first-order valence-electron chi connectivity index (χ1n) is 11.0. The van der Waals surface area contributed by atoms with Gasteiger partial charge >= 0.3 is 0 Å². The van der Waals surface area contributed by atoms with E-state index in [1.807, 2.05) is 13.1 Å². The highest BCUT2D eigenvalue weighted by atomic mass is 15.1. The van der Waals surface area contributed by atoms with Crippen molar-refractivity contribution in [3.63, 3.8) is 0 Å². The van der Waals surface area contributed by atoms with Gasteiger partial charge in [0.15, 0.2) is 0 Å². The van der Waals surface area contributed by atoms with Gasteiger partial charge in [-0.15, -0.1) is 0 Å². The molecule has 29 heavy (non-hydrogen) atoms. The fourth-order valence-electron chi connectivity index (χ4n) is 4.82. The van der Waals surface area contributed by atoms with Crippen LogP contribution in [0.1, 0.15) is 62.3 Å². The number of hydrogen-bond acceptors (Lipinski definition) is 3. The second-order valence-electron chi connectivity index (χ2n) is 9.12. The van der Waals surface area contributed by atoms with Gasteiger partial charge in [-0.3, -0.25) is 4.98 Å². The second kappa shape index (κ2) is 8.29. The van der Waals surface area contributed by atoms with E-state index in [1.54, 1.807) is 0 Å². The number of nitrogens with two attached hydrogens (primary N) is 1. The maximum atomic E-state index is 6.19. The summed E-state index contributed by atoms with van der Waals surface area (Å²) >= 11 is 0. The number of hydrogen-bond donors (Lipinski definition) is 2. The van der Waals surface area contributed by atoms with Crippen LogP contribution in [-0.4, -0.2) is 40.5 Å². The minimum absolute atomic E-state index is 0.335. The van der Waals surface area contributed by atoms with Gasteiger partial charge < -0.3 is 15.6 Å². The highest BCUT2D eigenvalue weighted by molar-refractivity contribution is 5.92. The summed E-state index contributed by atoms with van der Waals surface area (Å²) in [5.74, 6) is 0.934. The third-order valence-electron chi connectivity index (χ3n) is 6.27. The molecule has 2 atom stereocenters. The van der Waals surface area contributed by atoms with E-state index in [0.29, 0.717) is 17.9 Å². The van der Waals surface area contributed by atoms with Gasteiger partial charge in [-0.25, -0.2) is 0 Å². The highest BCUT2D eigenvalue weighted by Crippen LogP contribution is 2.37. The van der Waals surface area contributed by atoms with Gasteiger partial charge in [0, 0.05) is 47.5 Å². The second-order valence-corrected chi connectivity index (χ2v) is 9.12. The summed E-state index contributed by atoms with van der Waals surface area (Å²) < 4.78 is 0. The van der Waals surface area contributed by atoms with Gasteiger partial charge in [0.05, 0.1) is 5.69 Å². The average Bonchev–Trinajstić information content (AvgIpc) is 3.07. The van der Waals surface area contributed by atoms with Crippen molar-refractivity contribution in [3.8, 4) is 11.3 Å². The summed E-state index contributed by atoms with van der Waals surface area (Å²) in [4.78, 5) is 10.6. The monoisotopic (exact) mass is 390 g/mol. The van der Waals surface area contributed by atoms with Crippen LogP contribution in [0.2, 0.25) is 0 Å². The third-order valence-corrected chi connectivity index (χ3v) is 6.27. The quantitative estimate of drug-likeness (QED) is 0.630. The predicted octanol–water partition coefficient (Wildman–Crippen LogP) is 5.19. The molecule has 0 saturated carbocycles. The van der Waals surface area contributed by atoms with E-state index in [1.165, 1.54) is 46.3 Å². The van der Waals surface area contributed by atoms with E-state index in [2.05, 4.69) is 66.0 Å². The van der Waals surface area contributed by atoms with Gasteiger partial charge in [0.1, 0.15) is 0 Å². The molecule has 0 amide bonds. The largest absolute Gasteiger partial charge is 0.354 e. The molecule has 1 aliphatic heterocycles. The molecule has 1 fully saturated rings. The fourth-order valence-corrected chi connectivity index (χ4v) is 4.82. The van der Waals surface area contributed by atoms with Crippen LogP contribution in [-0.2, 0) is 0 Å². The zero-order valence-electron chi connectivity index (χ0n) is 18.2. The Hall–Kier alpha value is -2.17. The van der Waals surface area contributed by atoms with Crippen molar-refractivity contribution < 1.29 is 0 Å². The average molecular weight is 391 g/mol. The normalized spacial score (nSPS) is 19.2. The Balaban J connectivity index is 1.68. The van der Waals surface area contributed by atoms with Gasteiger partial charge in [0.2, 0.25) is 0 Å². The summed E-state index contributed by atoms with van der Waals surface area (Å²) in [5, 5.41) is 1.35. The molecule has 0 spiro atoms. The third kappa shape index (κ3) is 4.24.